The average Bonchev–Trinajstić information content (AvgIpc) is 2.60. The Morgan fingerprint density at radius 1 is 1.35 bits per heavy atom. The number of hydrogen-bond donors (Lipinski definition) is 2. The van der Waals surface area contributed by atoms with Crippen molar-refractivity contribution >= 4 is 35.0 Å². The molecule has 26 heavy (non-hydrogen) atoms. The van der Waals surface area contributed by atoms with E-state index in [1.54, 1.807) is 6.07 Å². The fourth-order valence-electron chi connectivity index (χ4n) is 2.50. The molecule has 0 spiro atoms. The quantitative estimate of drug-likeness (QED) is 0.571. The topological polar surface area (TPSA) is 93.2 Å². The number of aromatic amines is 1. The molecule has 2 N–H and O–H groups in total. The maximum absolute atomic E-state index is 12.6. The van der Waals surface area contributed by atoms with Crippen LogP contribution in [0.25, 0.3) is 10.9 Å². The predicted octanol–water partition coefficient (Wildman–Crippen LogP) is 2.40. The van der Waals surface area contributed by atoms with Crippen molar-refractivity contribution in [3.63, 3.8) is 0 Å². The summed E-state index contributed by atoms with van der Waals surface area (Å²) in [5.41, 5.74) is 0.489. The Hall–Kier alpha value is -2.48. The van der Waals surface area contributed by atoms with E-state index >= 15 is 0 Å². The van der Waals surface area contributed by atoms with Crippen LogP contribution in [0.15, 0.2) is 23.0 Å². The van der Waals surface area contributed by atoms with Gasteiger partial charge in [-0.15, -0.1) is 0 Å². The van der Waals surface area contributed by atoms with Gasteiger partial charge in [-0.05, 0) is 42.8 Å². The number of methoxy groups -OCH3 is 1. The summed E-state index contributed by atoms with van der Waals surface area (Å²) in [5.74, 6) is -0.0938. The maximum Gasteiger partial charge on any atom is 0.337 e. The summed E-state index contributed by atoms with van der Waals surface area (Å²) in [5, 5.41) is 3.23. The van der Waals surface area contributed by atoms with Gasteiger partial charge in [0.15, 0.2) is 4.77 Å². The second-order valence-electron chi connectivity index (χ2n) is 6.42. The first kappa shape index (κ1) is 19.8. The number of nitrogens with zero attached hydrogens (tertiary/aromatic N) is 1. The highest BCUT2D eigenvalue weighted by Crippen LogP contribution is 2.12. The van der Waals surface area contributed by atoms with Gasteiger partial charge in [0, 0.05) is 19.5 Å². The van der Waals surface area contributed by atoms with Crippen LogP contribution in [0, 0.1) is 10.7 Å². The fourth-order valence-corrected chi connectivity index (χ4v) is 2.79. The van der Waals surface area contributed by atoms with Crippen LogP contribution in [-0.4, -0.2) is 35.1 Å². The fraction of sp³-hybridized carbons (Fsp3) is 0.444. The molecule has 7 nitrogen and oxygen atoms in total. The Bertz CT molecular complexity index is 930. The molecule has 1 aromatic heterocycles. The van der Waals surface area contributed by atoms with Gasteiger partial charge >= 0.3 is 5.97 Å². The predicted molar refractivity (Wildman–Crippen MR) is 102 cm³/mol. The molecule has 0 aliphatic carbocycles. The Kier molecular flexibility index (Phi) is 6.68. The molecule has 140 valence electrons. The molecule has 0 saturated heterocycles. The normalized spacial score (nSPS) is 10.9. The number of esters is 1. The molecule has 0 unspecified atom stereocenters. The van der Waals surface area contributed by atoms with Crippen LogP contribution in [0.2, 0.25) is 0 Å². The minimum absolute atomic E-state index is 0.118. The summed E-state index contributed by atoms with van der Waals surface area (Å²) in [6.07, 6.45) is 1.07. The number of carbonyl (C=O) groups excluding carboxylic acids is 2. The number of rotatable bonds is 7. The maximum atomic E-state index is 12.6. The standard InChI is InChI=1S/C18H23N3O4S/c1-11(2)6-8-19-15(22)7-9-21-16(23)13-5-4-12(17(24)25-3)10-14(13)20-18(21)26/h4-5,10-11H,6-9H2,1-3H3,(H,19,22)(H,20,26). The Morgan fingerprint density at radius 2 is 2.08 bits per heavy atom. The van der Waals surface area contributed by atoms with Gasteiger partial charge in [0.2, 0.25) is 5.91 Å². The molecule has 2 aromatic rings. The number of aromatic nitrogens is 2. The van der Waals surface area contributed by atoms with Crippen molar-refractivity contribution in [2.75, 3.05) is 13.7 Å². The number of carbonyl (C=O) groups is 2. The van der Waals surface area contributed by atoms with E-state index in [1.165, 1.54) is 23.8 Å². The van der Waals surface area contributed by atoms with Gasteiger partial charge in [-0.3, -0.25) is 14.2 Å². The zero-order chi connectivity index (χ0) is 19.3. The van der Waals surface area contributed by atoms with Crippen molar-refractivity contribution in [3.8, 4) is 0 Å². The van der Waals surface area contributed by atoms with Gasteiger partial charge in [0.05, 0.1) is 23.6 Å². The molecular weight excluding hydrogens is 354 g/mol. The third-order valence-electron chi connectivity index (χ3n) is 4.01. The van der Waals surface area contributed by atoms with E-state index in [9.17, 15) is 14.4 Å². The van der Waals surface area contributed by atoms with Crippen molar-refractivity contribution in [1.29, 1.82) is 0 Å². The zero-order valence-electron chi connectivity index (χ0n) is 15.1. The third kappa shape index (κ3) is 4.78. The lowest BCUT2D eigenvalue weighted by atomic mass is 10.1. The molecule has 1 heterocycles. The average molecular weight is 377 g/mol. The van der Waals surface area contributed by atoms with Crippen LogP contribution in [0.4, 0.5) is 0 Å². The number of fused-ring (bicyclic) bond motifs is 1. The van der Waals surface area contributed by atoms with Crippen molar-refractivity contribution in [1.82, 2.24) is 14.9 Å². The Labute approximate surface area is 156 Å². The summed E-state index contributed by atoms with van der Waals surface area (Å²) in [4.78, 5) is 39.1. The summed E-state index contributed by atoms with van der Waals surface area (Å²) in [6, 6.07) is 4.60. The number of nitrogens with one attached hydrogen (secondary N) is 2. The molecule has 2 rings (SSSR count). The Morgan fingerprint density at radius 3 is 2.73 bits per heavy atom. The summed E-state index contributed by atoms with van der Waals surface area (Å²) in [7, 11) is 1.29. The molecule has 8 heteroatoms. The van der Waals surface area contributed by atoms with E-state index in [1.807, 2.05) is 0 Å². The molecule has 0 aliphatic heterocycles. The molecule has 1 amide bonds. The second-order valence-corrected chi connectivity index (χ2v) is 6.81. The van der Waals surface area contributed by atoms with Crippen molar-refractivity contribution < 1.29 is 14.3 Å². The highest BCUT2D eigenvalue weighted by atomic mass is 32.1. The van der Waals surface area contributed by atoms with Crippen molar-refractivity contribution in [2.45, 2.75) is 33.2 Å². The van der Waals surface area contributed by atoms with Crippen molar-refractivity contribution in [3.05, 3.63) is 38.9 Å². The number of H-pyrrole nitrogens is 1. The summed E-state index contributed by atoms with van der Waals surface area (Å²) >= 11 is 5.24. The third-order valence-corrected chi connectivity index (χ3v) is 4.33. The van der Waals surface area contributed by atoms with Gasteiger partial charge in [0.1, 0.15) is 0 Å². The lowest BCUT2D eigenvalue weighted by molar-refractivity contribution is -0.121. The van der Waals surface area contributed by atoms with E-state index in [-0.39, 0.29) is 29.2 Å². The zero-order valence-corrected chi connectivity index (χ0v) is 15.9. The van der Waals surface area contributed by atoms with Gasteiger partial charge in [0.25, 0.3) is 5.56 Å². The largest absolute Gasteiger partial charge is 0.465 e. The Balaban J connectivity index is 2.18. The van der Waals surface area contributed by atoms with Crippen LogP contribution >= 0.6 is 12.2 Å². The van der Waals surface area contributed by atoms with E-state index in [2.05, 4.69) is 28.9 Å². The molecule has 1 aromatic carbocycles. The van der Waals surface area contributed by atoms with Crippen LogP contribution < -0.4 is 10.9 Å². The molecule has 0 saturated carbocycles. The molecule has 0 radical (unpaired) electrons. The van der Waals surface area contributed by atoms with E-state index < -0.39 is 5.97 Å². The van der Waals surface area contributed by atoms with Crippen LogP contribution in [0.5, 0.6) is 0 Å². The van der Waals surface area contributed by atoms with Gasteiger partial charge < -0.3 is 15.0 Å². The number of benzene rings is 1. The smallest absolute Gasteiger partial charge is 0.337 e. The van der Waals surface area contributed by atoms with Gasteiger partial charge in [-0.25, -0.2) is 4.79 Å². The van der Waals surface area contributed by atoms with Gasteiger partial charge in [-0.1, -0.05) is 13.8 Å². The van der Waals surface area contributed by atoms with Crippen molar-refractivity contribution in [2.24, 2.45) is 5.92 Å². The minimum atomic E-state index is -0.492. The molecule has 0 atom stereocenters. The molecular formula is C18H23N3O4S. The van der Waals surface area contributed by atoms with E-state index in [4.69, 9.17) is 12.2 Å². The van der Waals surface area contributed by atoms with E-state index in [0.29, 0.717) is 28.9 Å². The molecule has 0 aliphatic rings. The highest BCUT2D eigenvalue weighted by molar-refractivity contribution is 7.71. The van der Waals surface area contributed by atoms with E-state index in [0.717, 1.165) is 6.42 Å². The first-order chi connectivity index (χ1) is 12.3. The van der Waals surface area contributed by atoms with Gasteiger partial charge in [-0.2, -0.15) is 0 Å². The SMILES string of the molecule is COC(=O)c1ccc2c(=O)n(CCC(=O)NCCC(C)C)c(=S)[nH]c2c1. The first-order valence-corrected chi connectivity index (χ1v) is 8.86. The first-order valence-electron chi connectivity index (χ1n) is 8.45. The summed E-state index contributed by atoms with van der Waals surface area (Å²) in [6.45, 7) is 4.99. The molecule has 0 bridgehead atoms. The highest BCUT2D eigenvalue weighted by Gasteiger charge is 2.11. The number of ether oxygens (including phenoxy) is 1. The molecule has 0 fully saturated rings. The lowest BCUT2D eigenvalue weighted by Gasteiger charge is -2.10. The number of amides is 1. The lowest BCUT2D eigenvalue weighted by Crippen LogP contribution is -2.29. The second kappa shape index (κ2) is 8.75. The van der Waals surface area contributed by atoms with Crippen LogP contribution in [-0.2, 0) is 16.1 Å². The monoisotopic (exact) mass is 377 g/mol. The van der Waals surface area contributed by atoms with Crippen LogP contribution in [0.1, 0.15) is 37.0 Å². The summed E-state index contributed by atoms with van der Waals surface area (Å²) < 4.78 is 6.24. The van der Waals surface area contributed by atoms with Crippen LogP contribution in [0.3, 0.4) is 0 Å². The minimum Gasteiger partial charge on any atom is -0.465 e. The number of hydrogen-bond acceptors (Lipinski definition) is 5.